The Bertz CT molecular complexity index is 770. The van der Waals surface area contributed by atoms with E-state index in [1.165, 1.54) is 82.4 Å². The third-order valence-electron chi connectivity index (χ3n) is 5.23. The molecule has 1 N–H and O–H groups in total. The average Bonchev–Trinajstić information content (AvgIpc) is 2.67. The lowest BCUT2D eigenvalue weighted by atomic mass is 10.0. The first-order valence-electron chi connectivity index (χ1n) is 11.1. The number of hydrogen-bond acceptors (Lipinski definition) is 4. The zero-order valence-electron chi connectivity index (χ0n) is 17.8. The van der Waals surface area contributed by atoms with Gasteiger partial charge in [0, 0.05) is 0 Å². The lowest BCUT2D eigenvalue weighted by Gasteiger charge is -2.08. The van der Waals surface area contributed by atoms with Crippen LogP contribution in [0.1, 0.15) is 96.8 Å². The Morgan fingerprint density at radius 1 is 0.621 bits per heavy atom. The van der Waals surface area contributed by atoms with Gasteiger partial charge in [-0.3, -0.25) is 4.55 Å². The van der Waals surface area contributed by atoms with Gasteiger partial charge >= 0.3 is 0 Å². The number of rotatable bonds is 17. The van der Waals surface area contributed by atoms with E-state index in [0.29, 0.717) is 6.42 Å². The minimum absolute atomic E-state index is 0.0996. The zero-order chi connectivity index (χ0) is 21.6. The van der Waals surface area contributed by atoms with Crippen LogP contribution in [-0.4, -0.2) is 27.1 Å². The minimum Gasteiger partial charge on any atom is -0.282 e. The van der Waals surface area contributed by atoms with E-state index in [4.69, 9.17) is 0 Å². The molecule has 0 heterocycles. The molecule has 29 heavy (non-hydrogen) atoms. The van der Waals surface area contributed by atoms with Crippen molar-refractivity contribution in [1.29, 1.82) is 0 Å². The Balaban J connectivity index is 2.15. The molecule has 7 heteroatoms. The Hall–Kier alpha value is -0.920. The molecule has 0 atom stereocenters. The topological polar surface area (TPSA) is 88.5 Å². The second kappa shape index (κ2) is 14.1. The molecule has 0 amide bonds. The zero-order valence-corrected chi connectivity index (χ0v) is 19.4. The number of hydrogen-bond donors (Lipinski definition) is 1. The van der Waals surface area contributed by atoms with Crippen molar-refractivity contribution in [2.24, 2.45) is 0 Å². The highest BCUT2D eigenvalue weighted by molar-refractivity contribution is 7.92. The van der Waals surface area contributed by atoms with E-state index in [2.05, 4.69) is 6.92 Å². The summed E-state index contributed by atoms with van der Waals surface area (Å²) in [6.45, 7) is 2.24. The van der Waals surface area contributed by atoms with E-state index in [1.807, 2.05) is 0 Å². The van der Waals surface area contributed by atoms with Crippen LogP contribution >= 0.6 is 0 Å². The van der Waals surface area contributed by atoms with Crippen LogP contribution in [-0.2, 0) is 20.0 Å². The van der Waals surface area contributed by atoms with Crippen molar-refractivity contribution in [3.63, 3.8) is 0 Å². The van der Waals surface area contributed by atoms with Gasteiger partial charge in [-0.1, -0.05) is 103 Å². The first-order valence-corrected chi connectivity index (χ1v) is 14.2. The largest absolute Gasteiger partial charge is 0.295 e. The van der Waals surface area contributed by atoms with Crippen LogP contribution in [0.5, 0.6) is 0 Å². The Kier molecular flexibility index (Phi) is 12.7. The smallest absolute Gasteiger partial charge is 0.282 e. The first-order chi connectivity index (χ1) is 13.8. The van der Waals surface area contributed by atoms with Crippen molar-refractivity contribution < 1.29 is 21.4 Å². The summed E-state index contributed by atoms with van der Waals surface area (Å²) in [5.41, 5.74) is 0. The standard InChI is InChI=1S/C22H38O5S2/c1-2-3-4-5-6-7-8-9-10-11-12-13-14-17-20-28(23,24)21-18-15-16-19-22(21)29(25,26)27/h15-16,18-19H,2-14,17,20H2,1H3,(H,25,26,27). The molecule has 0 aliphatic carbocycles. The fourth-order valence-electron chi connectivity index (χ4n) is 3.52. The summed E-state index contributed by atoms with van der Waals surface area (Å²) in [6.07, 6.45) is 16.5. The van der Waals surface area contributed by atoms with Crippen LogP contribution in [0.15, 0.2) is 34.1 Å². The monoisotopic (exact) mass is 446 g/mol. The third-order valence-corrected chi connectivity index (χ3v) is 8.12. The van der Waals surface area contributed by atoms with Gasteiger partial charge in [-0.25, -0.2) is 8.42 Å². The highest BCUT2D eigenvalue weighted by Gasteiger charge is 2.24. The van der Waals surface area contributed by atoms with E-state index < -0.39 is 24.9 Å². The Labute approximate surface area is 178 Å². The van der Waals surface area contributed by atoms with E-state index in [-0.39, 0.29) is 10.6 Å². The summed E-state index contributed by atoms with van der Waals surface area (Å²) in [6, 6.07) is 5.22. The molecular weight excluding hydrogens is 408 g/mol. The molecule has 5 nitrogen and oxygen atoms in total. The molecule has 0 spiro atoms. The van der Waals surface area contributed by atoms with Gasteiger partial charge in [0.1, 0.15) is 4.90 Å². The van der Waals surface area contributed by atoms with Gasteiger partial charge in [-0.05, 0) is 18.6 Å². The van der Waals surface area contributed by atoms with Crippen LogP contribution in [0.25, 0.3) is 0 Å². The number of sulfone groups is 1. The van der Waals surface area contributed by atoms with E-state index >= 15 is 0 Å². The molecule has 0 unspecified atom stereocenters. The van der Waals surface area contributed by atoms with Crippen LogP contribution in [0.3, 0.4) is 0 Å². The highest BCUT2D eigenvalue weighted by Crippen LogP contribution is 2.22. The third kappa shape index (κ3) is 11.2. The van der Waals surface area contributed by atoms with Crippen molar-refractivity contribution in [3.05, 3.63) is 24.3 Å². The van der Waals surface area contributed by atoms with Crippen molar-refractivity contribution >= 4 is 20.0 Å². The molecular formula is C22H38O5S2. The molecule has 0 aliphatic rings. The van der Waals surface area contributed by atoms with Gasteiger partial charge in [0.05, 0.1) is 10.6 Å². The maximum Gasteiger partial charge on any atom is 0.295 e. The maximum atomic E-state index is 12.4. The van der Waals surface area contributed by atoms with Crippen molar-refractivity contribution in [2.45, 2.75) is 107 Å². The molecule has 0 radical (unpaired) electrons. The van der Waals surface area contributed by atoms with Crippen LogP contribution in [0, 0.1) is 0 Å². The normalized spacial score (nSPS) is 12.3. The Morgan fingerprint density at radius 2 is 1.00 bits per heavy atom. The molecule has 0 aromatic heterocycles. The maximum absolute atomic E-state index is 12.4. The van der Waals surface area contributed by atoms with Crippen molar-refractivity contribution in [3.8, 4) is 0 Å². The summed E-state index contributed by atoms with van der Waals surface area (Å²) < 4.78 is 56.9. The lowest BCUT2D eigenvalue weighted by molar-refractivity contribution is 0.479. The molecule has 0 fully saturated rings. The van der Waals surface area contributed by atoms with Gasteiger partial charge in [-0.2, -0.15) is 8.42 Å². The fraction of sp³-hybridized carbons (Fsp3) is 0.727. The minimum atomic E-state index is -4.55. The van der Waals surface area contributed by atoms with Crippen molar-refractivity contribution in [2.75, 3.05) is 5.75 Å². The van der Waals surface area contributed by atoms with Gasteiger partial charge in [0.25, 0.3) is 10.1 Å². The Morgan fingerprint density at radius 3 is 1.41 bits per heavy atom. The fourth-order valence-corrected chi connectivity index (χ4v) is 6.25. The molecule has 0 bridgehead atoms. The van der Waals surface area contributed by atoms with Gasteiger partial charge in [-0.15, -0.1) is 0 Å². The molecule has 0 aliphatic heterocycles. The van der Waals surface area contributed by atoms with Gasteiger partial charge in [0.2, 0.25) is 0 Å². The summed E-state index contributed by atoms with van der Waals surface area (Å²) in [5, 5.41) is 0. The van der Waals surface area contributed by atoms with Crippen LogP contribution in [0.2, 0.25) is 0 Å². The molecule has 168 valence electrons. The SMILES string of the molecule is CCCCCCCCCCCCCCCCS(=O)(=O)c1ccccc1S(=O)(=O)O. The van der Waals surface area contributed by atoms with Gasteiger partial charge < -0.3 is 0 Å². The molecule has 0 saturated heterocycles. The number of benzene rings is 1. The molecule has 1 rings (SSSR count). The molecule has 1 aromatic carbocycles. The van der Waals surface area contributed by atoms with E-state index in [1.54, 1.807) is 0 Å². The predicted molar refractivity (Wildman–Crippen MR) is 119 cm³/mol. The van der Waals surface area contributed by atoms with Crippen LogP contribution < -0.4 is 0 Å². The second-order valence-corrected chi connectivity index (χ2v) is 11.3. The van der Waals surface area contributed by atoms with Gasteiger partial charge in [0.15, 0.2) is 9.84 Å². The predicted octanol–water partition coefficient (Wildman–Crippen LogP) is 6.19. The average molecular weight is 447 g/mol. The van der Waals surface area contributed by atoms with E-state index in [0.717, 1.165) is 25.3 Å². The van der Waals surface area contributed by atoms with Crippen molar-refractivity contribution in [1.82, 2.24) is 0 Å². The summed E-state index contributed by atoms with van der Waals surface area (Å²) in [5.74, 6) is -0.0996. The summed E-state index contributed by atoms with van der Waals surface area (Å²) in [4.78, 5) is -0.845. The highest BCUT2D eigenvalue weighted by atomic mass is 32.2. The summed E-state index contributed by atoms with van der Waals surface area (Å²) >= 11 is 0. The first kappa shape index (κ1) is 26.1. The second-order valence-electron chi connectivity index (χ2n) is 7.84. The molecule has 1 aromatic rings. The number of unbranched alkanes of at least 4 members (excludes halogenated alkanes) is 13. The molecule has 0 saturated carbocycles. The lowest BCUT2D eigenvalue weighted by Crippen LogP contribution is -2.12. The quantitative estimate of drug-likeness (QED) is 0.228. The van der Waals surface area contributed by atoms with Crippen LogP contribution in [0.4, 0.5) is 0 Å². The summed E-state index contributed by atoms with van der Waals surface area (Å²) in [7, 11) is -8.28. The van der Waals surface area contributed by atoms with E-state index in [9.17, 15) is 21.4 Å².